The van der Waals surface area contributed by atoms with Crippen LogP contribution in [0.25, 0.3) is 0 Å². The molecule has 7 nitrogen and oxygen atoms in total. The van der Waals surface area contributed by atoms with E-state index in [1.54, 1.807) is 4.90 Å². The van der Waals surface area contributed by atoms with Gasteiger partial charge in [0.05, 0.1) is 17.5 Å². The Morgan fingerprint density at radius 2 is 1.96 bits per heavy atom. The average molecular weight is 367 g/mol. The summed E-state index contributed by atoms with van der Waals surface area (Å²) in [5, 5.41) is 8.14. The maximum absolute atomic E-state index is 13.1. The summed E-state index contributed by atoms with van der Waals surface area (Å²) in [6, 6.07) is 17.3. The second-order valence-corrected chi connectivity index (χ2v) is 6.72. The van der Waals surface area contributed by atoms with Gasteiger partial charge in [-0.2, -0.15) is 0 Å². The Kier molecular flexibility index (Phi) is 4.49. The number of amides is 1. The lowest BCUT2D eigenvalue weighted by molar-refractivity contribution is -0.117. The number of thioether (sulfide) groups is 1. The number of nitrogens with zero attached hydrogens (tertiary/aromatic N) is 4. The number of ether oxygens (including phenoxy) is 1. The van der Waals surface area contributed by atoms with Crippen molar-refractivity contribution in [3.8, 4) is 5.75 Å². The summed E-state index contributed by atoms with van der Waals surface area (Å²) in [5.41, 5.74) is 1.80. The van der Waals surface area contributed by atoms with Crippen molar-refractivity contribution in [1.29, 1.82) is 0 Å². The molecule has 0 radical (unpaired) electrons. The van der Waals surface area contributed by atoms with E-state index in [9.17, 15) is 4.79 Å². The minimum atomic E-state index is -0.185. The number of aromatic nitrogens is 3. The van der Waals surface area contributed by atoms with Gasteiger partial charge in [-0.15, -0.1) is 10.2 Å². The number of benzene rings is 2. The number of fused-ring (bicyclic) bond motifs is 1. The lowest BCUT2D eigenvalue weighted by atomic mass is 10.0. The van der Waals surface area contributed by atoms with Crippen LogP contribution in [0, 0.1) is 0 Å². The van der Waals surface area contributed by atoms with Crippen molar-refractivity contribution in [2.75, 3.05) is 23.1 Å². The molecule has 1 aliphatic heterocycles. The largest absolute Gasteiger partial charge is 0.489 e. The topological polar surface area (TPSA) is 86.3 Å². The van der Waals surface area contributed by atoms with E-state index in [0.29, 0.717) is 17.5 Å². The van der Waals surface area contributed by atoms with Gasteiger partial charge >= 0.3 is 0 Å². The first-order chi connectivity index (χ1) is 12.7. The van der Waals surface area contributed by atoms with Crippen LogP contribution in [-0.2, 0) is 4.79 Å². The fraction of sp³-hybridized carbons (Fsp3) is 0.167. The summed E-state index contributed by atoms with van der Waals surface area (Å²) >= 11 is 1.26. The summed E-state index contributed by atoms with van der Waals surface area (Å²) in [6.45, 7) is 0.407. The van der Waals surface area contributed by atoms with Crippen LogP contribution >= 0.6 is 11.8 Å². The number of para-hydroxylation sites is 2. The molecule has 1 aromatic heterocycles. The third kappa shape index (κ3) is 3.11. The van der Waals surface area contributed by atoms with E-state index in [2.05, 4.69) is 10.2 Å². The highest BCUT2D eigenvalue weighted by Crippen LogP contribution is 2.39. The van der Waals surface area contributed by atoms with Gasteiger partial charge in [0.15, 0.2) is 0 Å². The second-order valence-electron chi connectivity index (χ2n) is 5.78. The number of hydrogen-bond donors (Lipinski definition) is 1. The molecule has 0 saturated heterocycles. The highest BCUT2D eigenvalue weighted by Gasteiger charge is 2.33. The summed E-state index contributed by atoms with van der Waals surface area (Å²) in [4.78, 5) is 14.9. The van der Waals surface area contributed by atoms with Crippen LogP contribution in [0.2, 0.25) is 0 Å². The molecular formula is C18H17N5O2S. The number of carbonyl (C=O) groups excluding carboxylic acids is 1. The molecule has 26 heavy (non-hydrogen) atoms. The Labute approximate surface area is 154 Å². The molecule has 1 atom stereocenters. The molecule has 2 N–H and O–H groups in total. The van der Waals surface area contributed by atoms with E-state index in [-0.39, 0.29) is 17.7 Å². The van der Waals surface area contributed by atoms with Gasteiger partial charge in [0.1, 0.15) is 18.7 Å². The Hall–Kier alpha value is -3.00. The van der Waals surface area contributed by atoms with Gasteiger partial charge in [0.25, 0.3) is 0 Å². The van der Waals surface area contributed by atoms with Gasteiger partial charge in [-0.05, 0) is 17.7 Å². The van der Waals surface area contributed by atoms with E-state index in [0.717, 1.165) is 11.3 Å². The standard InChI is InChI=1S/C18H17N5O2S/c19-22-12-20-21-18(22)26-11-17(24)23-14-8-4-5-9-16(14)25-10-15(23)13-6-2-1-3-7-13/h1-9,12,15H,10-11,19H2. The highest BCUT2D eigenvalue weighted by molar-refractivity contribution is 7.99. The zero-order chi connectivity index (χ0) is 17.9. The quantitative estimate of drug-likeness (QED) is 0.562. The van der Waals surface area contributed by atoms with Crippen molar-refractivity contribution in [1.82, 2.24) is 14.9 Å². The van der Waals surface area contributed by atoms with E-state index in [4.69, 9.17) is 10.6 Å². The van der Waals surface area contributed by atoms with E-state index in [1.807, 2.05) is 54.6 Å². The minimum Gasteiger partial charge on any atom is -0.489 e. The van der Waals surface area contributed by atoms with Gasteiger partial charge in [0, 0.05) is 0 Å². The number of rotatable bonds is 4. The molecule has 3 aromatic rings. The van der Waals surface area contributed by atoms with Crippen LogP contribution in [0.5, 0.6) is 5.75 Å². The van der Waals surface area contributed by atoms with Crippen LogP contribution in [-0.4, -0.2) is 33.1 Å². The molecular weight excluding hydrogens is 350 g/mol. The van der Waals surface area contributed by atoms with Gasteiger partial charge in [-0.25, -0.2) is 4.68 Å². The van der Waals surface area contributed by atoms with Crippen molar-refractivity contribution in [2.45, 2.75) is 11.2 Å². The minimum absolute atomic E-state index is 0.0393. The maximum Gasteiger partial charge on any atom is 0.238 e. The third-order valence-electron chi connectivity index (χ3n) is 4.15. The van der Waals surface area contributed by atoms with Crippen molar-refractivity contribution < 1.29 is 9.53 Å². The molecule has 1 unspecified atom stereocenters. The summed E-state index contributed by atoms with van der Waals surface area (Å²) in [6.07, 6.45) is 1.41. The van der Waals surface area contributed by atoms with Crippen LogP contribution in [0.1, 0.15) is 11.6 Å². The van der Waals surface area contributed by atoms with Crippen LogP contribution in [0.4, 0.5) is 5.69 Å². The maximum atomic E-state index is 13.1. The molecule has 0 aliphatic carbocycles. The number of nitrogens with two attached hydrogens (primary N) is 1. The van der Waals surface area contributed by atoms with Crippen LogP contribution in [0.15, 0.2) is 66.1 Å². The van der Waals surface area contributed by atoms with E-state index < -0.39 is 0 Å². The predicted octanol–water partition coefficient (Wildman–Crippen LogP) is 2.25. The molecule has 1 aliphatic rings. The van der Waals surface area contributed by atoms with Gasteiger partial charge in [0.2, 0.25) is 11.1 Å². The molecule has 132 valence electrons. The van der Waals surface area contributed by atoms with Gasteiger partial charge in [-0.3, -0.25) is 9.69 Å². The Balaban J connectivity index is 1.64. The zero-order valence-corrected chi connectivity index (χ0v) is 14.7. The van der Waals surface area contributed by atoms with Gasteiger partial charge < -0.3 is 10.6 Å². The van der Waals surface area contributed by atoms with Crippen molar-refractivity contribution in [3.63, 3.8) is 0 Å². The van der Waals surface area contributed by atoms with E-state index >= 15 is 0 Å². The monoisotopic (exact) mass is 367 g/mol. The highest BCUT2D eigenvalue weighted by atomic mass is 32.2. The van der Waals surface area contributed by atoms with Crippen molar-refractivity contribution >= 4 is 23.4 Å². The lowest BCUT2D eigenvalue weighted by Crippen LogP contribution is -2.42. The van der Waals surface area contributed by atoms with Gasteiger partial charge in [-0.1, -0.05) is 54.2 Å². The molecule has 1 amide bonds. The summed E-state index contributed by atoms with van der Waals surface area (Å²) in [7, 11) is 0. The Bertz CT molecular complexity index is 915. The molecule has 2 heterocycles. The van der Waals surface area contributed by atoms with E-state index in [1.165, 1.54) is 22.8 Å². The fourth-order valence-electron chi connectivity index (χ4n) is 2.95. The number of anilines is 1. The Morgan fingerprint density at radius 3 is 2.73 bits per heavy atom. The predicted molar refractivity (Wildman–Crippen MR) is 99.5 cm³/mol. The first-order valence-electron chi connectivity index (χ1n) is 8.11. The molecule has 0 saturated carbocycles. The second kappa shape index (κ2) is 7.09. The third-order valence-corrected chi connectivity index (χ3v) is 5.09. The molecule has 2 aromatic carbocycles. The molecule has 4 rings (SSSR count). The molecule has 0 fully saturated rings. The van der Waals surface area contributed by atoms with Crippen molar-refractivity contribution in [3.05, 3.63) is 66.5 Å². The molecule has 0 spiro atoms. The van der Waals surface area contributed by atoms with Crippen molar-refractivity contribution in [2.24, 2.45) is 0 Å². The SMILES string of the molecule is Nn1cnnc1SCC(=O)N1c2ccccc2OCC1c1ccccc1. The van der Waals surface area contributed by atoms with Crippen LogP contribution < -0.4 is 15.5 Å². The summed E-state index contributed by atoms with van der Waals surface area (Å²) in [5.74, 6) is 6.60. The lowest BCUT2D eigenvalue weighted by Gasteiger charge is -2.37. The zero-order valence-electron chi connectivity index (χ0n) is 13.9. The summed E-state index contributed by atoms with van der Waals surface area (Å²) < 4.78 is 7.20. The first kappa shape index (κ1) is 16.5. The smallest absolute Gasteiger partial charge is 0.238 e. The molecule has 0 bridgehead atoms. The normalized spacial score (nSPS) is 16.0. The van der Waals surface area contributed by atoms with Crippen LogP contribution in [0.3, 0.4) is 0 Å². The average Bonchev–Trinajstić information content (AvgIpc) is 3.10. The number of nitrogen functional groups attached to an aromatic ring is 1. The fourth-order valence-corrected chi connectivity index (χ4v) is 3.64. The number of hydrogen-bond acceptors (Lipinski definition) is 6. The first-order valence-corrected chi connectivity index (χ1v) is 9.09. The number of carbonyl (C=O) groups is 1. The Morgan fingerprint density at radius 1 is 1.19 bits per heavy atom. The molecule has 8 heteroatoms.